The third-order valence-corrected chi connectivity index (χ3v) is 8.16. The Kier molecular flexibility index (Phi) is 4.73. The molecule has 170 valence electrons. The molecular formula is C27H27NO4S. The van der Waals surface area contributed by atoms with Crippen molar-refractivity contribution in [3.05, 3.63) is 70.5 Å². The highest BCUT2D eigenvalue weighted by atomic mass is 32.2. The van der Waals surface area contributed by atoms with Crippen molar-refractivity contribution in [2.75, 3.05) is 4.72 Å². The minimum Gasteiger partial charge on any atom is -0.460 e. The summed E-state index contributed by atoms with van der Waals surface area (Å²) in [6.07, 6.45) is 1.10. The van der Waals surface area contributed by atoms with E-state index in [9.17, 15) is 13.2 Å². The van der Waals surface area contributed by atoms with Gasteiger partial charge in [-0.05, 0) is 55.0 Å². The summed E-state index contributed by atoms with van der Waals surface area (Å²) in [4.78, 5) is 13.3. The fourth-order valence-electron chi connectivity index (χ4n) is 4.93. The molecule has 1 heterocycles. The maximum Gasteiger partial charge on any atom is 0.262 e. The lowest BCUT2D eigenvalue weighted by Gasteiger charge is -2.27. The summed E-state index contributed by atoms with van der Waals surface area (Å²) in [6, 6.07) is 12.9. The zero-order valence-electron chi connectivity index (χ0n) is 19.5. The molecule has 0 amide bonds. The summed E-state index contributed by atoms with van der Waals surface area (Å²) in [6.45, 7) is 9.79. The van der Waals surface area contributed by atoms with Crippen LogP contribution in [0.5, 0.6) is 0 Å². The summed E-state index contributed by atoms with van der Waals surface area (Å²) in [5, 5.41) is 2.18. The monoisotopic (exact) mass is 461 g/mol. The number of fused-ring (bicyclic) bond motifs is 5. The predicted molar refractivity (Wildman–Crippen MR) is 132 cm³/mol. The molecule has 0 bridgehead atoms. The zero-order valence-corrected chi connectivity index (χ0v) is 20.3. The van der Waals surface area contributed by atoms with Gasteiger partial charge >= 0.3 is 0 Å². The van der Waals surface area contributed by atoms with E-state index in [0.717, 1.165) is 21.9 Å². The van der Waals surface area contributed by atoms with Crippen LogP contribution >= 0.6 is 0 Å². The molecule has 5 nitrogen and oxygen atoms in total. The SMILES string of the molecule is Cc1cc(C)c(S(=O)(=O)Nc2cc3c4c(oc3c3ccccc23)CC(C)(C)CC4=O)cc1C. The van der Waals surface area contributed by atoms with Crippen LogP contribution in [0.1, 0.15) is 53.1 Å². The summed E-state index contributed by atoms with van der Waals surface area (Å²) < 4.78 is 35.9. The maximum absolute atomic E-state index is 13.4. The van der Waals surface area contributed by atoms with E-state index in [0.29, 0.717) is 46.4 Å². The second-order valence-electron chi connectivity index (χ2n) is 10.00. The highest BCUT2D eigenvalue weighted by Crippen LogP contribution is 2.43. The molecular weight excluding hydrogens is 434 g/mol. The Morgan fingerprint density at radius 2 is 1.55 bits per heavy atom. The fraction of sp³-hybridized carbons (Fsp3) is 0.296. The number of nitrogens with one attached hydrogen (secondary N) is 1. The van der Waals surface area contributed by atoms with Crippen molar-refractivity contribution in [3.63, 3.8) is 0 Å². The highest BCUT2D eigenvalue weighted by Gasteiger charge is 2.36. The number of carbonyl (C=O) groups excluding carboxylic acids is 1. The van der Waals surface area contributed by atoms with E-state index in [2.05, 4.69) is 18.6 Å². The summed E-state index contributed by atoms with van der Waals surface area (Å²) in [5.41, 5.74) is 4.14. The molecule has 1 aliphatic carbocycles. The van der Waals surface area contributed by atoms with Crippen molar-refractivity contribution in [1.29, 1.82) is 0 Å². The van der Waals surface area contributed by atoms with Gasteiger partial charge in [0.1, 0.15) is 11.3 Å². The first-order valence-electron chi connectivity index (χ1n) is 11.1. The van der Waals surface area contributed by atoms with Crippen LogP contribution in [-0.4, -0.2) is 14.2 Å². The molecule has 0 unspecified atom stereocenters. The fourth-order valence-corrected chi connectivity index (χ4v) is 6.31. The molecule has 6 heteroatoms. The summed E-state index contributed by atoms with van der Waals surface area (Å²) in [5.74, 6) is 0.718. The second kappa shape index (κ2) is 7.19. The number of Topliss-reactive ketones (excluding diaryl/α,β-unsaturated/α-hetero) is 1. The number of aryl methyl sites for hydroxylation is 3. The topological polar surface area (TPSA) is 76.4 Å². The van der Waals surface area contributed by atoms with Gasteiger partial charge in [0.25, 0.3) is 10.0 Å². The molecule has 0 spiro atoms. The number of benzene rings is 3. The first kappa shape index (κ1) is 21.7. The Morgan fingerprint density at radius 3 is 2.27 bits per heavy atom. The van der Waals surface area contributed by atoms with Crippen LogP contribution in [0.15, 0.2) is 51.8 Å². The van der Waals surface area contributed by atoms with E-state index >= 15 is 0 Å². The van der Waals surface area contributed by atoms with Gasteiger partial charge < -0.3 is 4.42 Å². The number of anilines is 1. The van der Waals surface area contributed by atoms with Crippen molar-refractivity contribution >= 4 is 43.2 Å². The third-order valence-electron chi connectivity index (χ3n) is 6.65. The van der Waals surface area contributed by atoms with Crippen molar-refractivity contribution in [3.8, 4) is 0 Å². The van der Waals surface area contributed by atoms with E-state index in [-0.39, 0.29) is 16.1 Å². The second-order valence-corrected chi connectivity index (χ2v) is 11.6. The molecule has 0 saturated heterocycles. The Labute approximate surface area is 193 Å². The van der Waals surface area contributed by atoms with Gasteiger partial charge in [0.15, 0.2) is 5.78 Å². The summed E-state index contributed by atoms with van der Waals surface area (Å²) in [7, 11) is -3.85. The van der Waals surface area contributed by atoms with Crippen LogP contribution in [0, 0.1) is 26.2 Å². The average Bonchev–Trinajstić information content (AvgIpc) is 3.07. The predicted octanol–water partition coefficient (Wildman–Crippen LogP) is 6.47. The molecule has 3 aromatic carbocycles. The Hall–Kier alpha value is -3.12. The van der Waals surface area contributed by atoms with Gasteiger partial charge in [-0.3, -0.25) is 9.52 Å². The molecule has 0 fully saturated rings. The minimum atomic E-state index is -3.85. The number of hydrogen-bond donors (Lipinski definition) is 1. The first-order valence-corrected chi connectivity index (χ1v) is 12.6. The van der Waals surface area contributed by atoms with Crippen LogP contribution in [-0.2, 0) is 16.4 Å². The van der Waals surface area contributed by atoms with Crippen LogP contribution < -0.4 is 4.72 Å². The molecule has 0 radical (unpaired) electrons. The smallest absolute Gasteiger partial charge is 0.262 e. The van der Waals surface area contributed by atoms with Gasteiger partial charge in [0, 0.05) is 29.0 Å². The van der Waals surface area contributed by atoms with Crippen LogP contribution in [0.2, 0.25) is 0 Å². The minimum absolute atomic E-state index is 0.0362. The van der Waals surface area contributed by atoms with Crippen molar-refractivity contribution in [2.45, 2.75) is 52.4 Å². The summed E-state index contributed by atoms with van der Waals surface area (Å²) >= 11 is 0. The van der Waals surface area contributed by atoms with Crippen molar-refractivity contribution < 1.29 is 17.6 Å². The van der Waals surface area contributed by atoms with Crippen molar-refractivity contribution in [2.24, 2.45) is 5.41 Å². The Balaban J connectivity index is 1.73. The standard InChI is InChI=1S/C27H27NO4S/c1-15-10-17(3)24(11-16(15)2)33(30,31)28-21-12-20-25-22(29)13-27(4,5)14-23(25)32-26(20)19-9-7-6-8-18(19)21/h6-12,28H,13-14H2,1-5H3. The normalized spacial score (nSPS) is 15.7. The van der Waals surface area contributed by atoms with Crippen LogP contribution in [0.4, 0.5) is 5.69 Å². The van der Waals surface area contributed by atoms with E-state index < -0.39 is 10.0 Å². The third kappa shape index (κ3) is 3.53. The van der Waals surface area contributed by atoms with Crippen LogP contribution in [0.25, 0.3) is 21.7 Å². The lowest BCUT2D eigenvalue weighted by Crippen LogP contribution is -2.25. The molecule has 0 saturated carbocycles. The number of ketones is 1. The quantitative estimate of drug-likeness (QED) is 0.379. The lowest BCUT2D eigenvalue weighted by molar-refractivity contribution is 0.0906. The van der Waals surface area contributed by atoms with Crippen LogP contribution in [0.3, 0.4) is 0 Å². The van der Waals surface area contributed by atoms with E-state index in [1.807, 2.05) is 44.2 Å². The number of sulfonamides is 1. The number of rotatable bonds is 3. The van der Waals surface area contributed by atoms with Gasteiger partial charge in [0.2, 0.25) is 0 Å². The Bertz CT molecular complexity index is 1580. The number of carbonyl (C=O) groups is 1. The van der Waals surface area contributed by atoms with Gasteiger partial charge in [-0.25, -0.2) is 8.42 Å². The molecule has 0 aliphatic heterocycles. The Morgan fingerprint density at radius 1 is 0.879 bits per heavy atom. The largest absolute Gasteiger partial charge is 0.460 e. The lowest BCUT2D eigenvalue weighted by atomic mass is 9.76. The molecule has 1 N–H and O–H groups in total. The highest BCUT2D eigenvalue weighted by molar-refractivity contribution is 7.92. The first-order chi connectivity index (χ1) is 15.5. The van der Waals surface area contributed by atoms with Gasteiger partial charge in [0.05, 0.1) is 16.1 Å². The molecule has 1 aliphatic rings. The number of furan rings is 1. The van der Waals surface area contributed by atoms with Gasteiger partial charge in [-0.15, -0.1) is 0 Å². The molecule has 0 atom stereocenters. The molecule has 5 rings (SSSR count). The zero-order chi connectivity index (χ0) is 23.7. The molecule has 1 aromatic heterocycles. The van der Waals surface area contributed by atoms with E-state index in [1.54, 1.807) is 19.1 Å². The number of hydrogen-bond acceptors (Lipinski definition) is 4. The molecule has 33 heavy (non-hydrogen) atoms. The molecule has 4 aromatic rings. The average molecular weight is 462 g/mol. The van der Waals surface area contributed by atoms with E-state index in [1.165, 1.54) is 0 Å². The maximum atomic E-state index is 13.4. The van der Waals surface area contributed by atoms with Gasteiger partial charge in [-0.1, -0.05) is 44.2 Å². The van der Waals surface area contributed by atoms with E-state index in [4.69, 9.17) is 4.42 Å². The van der Waals surface area contributed by atoms with Crippen molar-refractivity contribution in [1.82, 2.24) is 0 Å². The van der Waals surface area contributed by atoms with Gasteiger partial charge in [-0.2, -0.15) is 0 Å².